The van der Waals surface area contributed by atoms with Gasteiger partial charge in [0.15, 0.2) is 0 Å². The fraction of sp³-hybridized carbons (Fsp3) is 0.538. The van der Waals surface area contributed by atoms with Crippen LogP contribution in [0.4, 0.5) is 0 Å². The van der Waals surface area contributed by atoms with Gasteiger partial charge in [0.05, 0.1) is 12.7 Å². The van der Waals surface area contributed by atoms with Gasteiger partial charge < -0.3 is 10.1 Å². The summed E-state index contributed by atoms with van der Waals surface area (Å²) in [4.78, 5) is 0. The molecule has 1 N–H and O–H groups in total. The first-order valence-electron chi connectivity index (χ1n) is 5.59. The number of hydrogen-bond acceptors (Lipinski definition) is 2. The Labute approximate surface area is 91.6 Å². The highest BCUT2D eigenvalue weighted by Gasteiger charge is 2.20. The summed E-state index contributed by atoms with van der Waals surface area (Å²) in [5.41, 5.74) is 3.95. The van der Waals surface area contributed by atoms with Crippen molar-refractivity contribution in [1.29, 1.82) is 0 Å². The maximum atomic E-state index is 5.85. The monoisotopic (exact) mass is 205 g/mol. The molecule has 0 unspecified atom stereocenters. The van der Waals surface area contributed by atoms with Gasteiger partial charge in [-0.15, -0.1) is 0 Å². The molecule has 1 fully saturated rings. The Hall–Kier alpha value is -0.860. The van der Waals surface area contributed by atoms with Gasteiger partial charge in [-0.3, -0.25) is 0 Å². The van der Waals surface area contributed by atoms with Gasteiger partial charge in [0, 0.05) is 12.6 Å². The zero-order valence-electron chi connectivity index (χ0n) is 9.71. The van der Waals surface area contributed by atoms with Crippen molar-refractivity contribution >= 4 is 0 Å². The van der Waals surface area contributed by atoms with E-state index < -0.39 is 0 Å². The Morgan fingerprint density at radius 3 is 2.80 bits per heavy atom. The molecule has 0 bridgehead atoms. The van der Waals surface area contributed by atoms with Crippen LogP contribution in [0.2, 0.25) is 0 Å². The fourth-order valence-corrected chi connectivity index (χ4v) is 1.99. The molecule has 0 aliphatic carbocycles. The Morgan fingerprint density at radius 1 is 1.33 bits per heavy atom. The smallest absolute Gasteiger partial charge is 0.0952 e. The van der Waals surface area contributed by atoms with Crippen molar-refractivity contribution in [2.24, 2.45) is 0 Å². The van der Waals surface area contributed by atoms with E-state index in [0.29, 0.717) is 6.04 Å². The second-order valence-corrected chi connectivity index (χ2v) is 4.49. The summed E-state index contributed by atoms with van der Waals surface area (Å²) in [5.74, 6) is 0. The number of morpholine rings is 1. The van der Waals surface area contributed by atoms with E-state index in [1.807, 2.05) is 0 Å². The van der Waals surface area contributed by atoms with Crippen molar-refractivity contribution in [2.45, 2.75) is 32.9 Å². The van der Waals surface area contributed by atoms with Gasteiger partial charge in [0.25, 0.3) is 0 Å². The van der Waals surface area contributed by atoms with Crippen LogP contribution in [0.5, 0.6) is 0 Å². The van der Waals surface area contributed by atoms with Gasteiger partial charge in [-0.1, -0.05) is 23.8 Å². The molecular formula is C13H19NO. The third-order valence-electron chi connectivity index (χ3n) is 2.98. The summed E-state index contributed by atoms with van der Waals surface area (Å²) in [6.45, 7) is 8.15. The number of ether oxygens (including phenoxy) is 1. The van der Waals surface area contributed by atoms with Gasteiger partial charge in [-0.2, -0.15) is 0 Å². The first-order chi connectivity index (χ1) is 7.16. The van der Waals surface area contributed by atoms with Gasteiger partial charge >= 0.3 is 0 Å². The lowest BCUT2D eigenvalue weighted by molar-refractivity contribution is 0.00659. The van der Waals surface area contributed by atoms with Crippen LogP contribution in [0.1, 0.15) is 29.7 Å². The minimum Gasteiger partial charge on any atom is -0.371 e. The predicted molar refractivity (Wildman–Crippen MR) is 62.1 cm³/mol. The number of rotatable bonds is 1. The molecule has 1 aliphatic rings. The molecule has 1 aromatic rings. The number of hydrogen-bond donors (Lipinski definition) is 1. The number of aryl methyl sites for hydroxylation is 2. The van der Waals surface area contributed by atoms with Crippen LogP contribution in [0.3, 0.4) is 0 Å². The van der Waals surface area contributed by atoms with E-state index in [0.717, 1.165) is 13.2 Å². The van der Waals surface area contributed by atoms with E-state index >= 15 is 0 Å². The average Bonchev–Trinajstić information content (AvgIpc) is 2.23. The molecule has 1 heterocycles. The van der Waals surface area contributed by atoms with E-state index in [1.54, 1.807) is 0 Å². The second kappa shape index (κ2) is 4.33. The van der Waals surface area contributed by atoms with E-state index in [1.165, 1.54) is 16.7 Å². The molecule has 0 spiro atoms. The van der Waals surface area contributed by atoms with Crippen molar-refractivity contribution < 1.29 is 4.74 Å². The number of nitrogens with one attached hydrogen (secondary N) is 1. The molecule has 0 radical (unpaired) electrons. The standard InChI is InChI=1S/C13H19NO/c1-9-4-5-10(2)12(6-9)13-7-14-11(3)8-15-13/h4-6,11,13-14H,7-8H2,1-3H3/t11-,13+/m0/s1. The number of benzene rings is 1. The lowest BCUT2D eigenvalue weighted by Crippen LogP contribution is -2.40. The molecule has 2 nitrogen and oxygen atoms in total. The van der Waals surface area contributed by atoms with Crippen LogP contribution in [-0.4, -0.2) is 19.2 Å². The Bertz CT molecular complexity index is 340. The molecule has 82 valence electrons. The van der Waals surface area contributed by atoms with Crippen LogP contribution < -0.4 is 5.32 Å². The molecule has 15 heavy (non-hydrogen) atoms. The molecule has 1 saturated heterocycles. The highest BCUT2D eigenvalue weighted by molar-refractivity contribution is 5.32. The van der Waals surface area contributed by atoms with Crippen molar-refractivity contribution in [3.8, 4) is 0 Å². The molecule has 0 aromatic heterocycles. The second-order valence-electron chi connectivity index (χ2n) is 4.49. The zero-order valence-corrected chi connectivity index (χ0v) is 9.71. The van der Waals surface area contributed by atoms with Crippen LogP contribution >= 0.6 is 0 Å². The Kier molecular flexibility index (Phi) is 3.08. The van der Waals surface area contributed by atoms with Gasteiger partial charge in [0.2, 0.25) is 0 Å². The molecule has 1 aromatic carbocycles. The van der Waals surface area contributed by atoms with Crippen molar-refractivity contribution in [1.82, 2.24) is 5.32 Å². The average molecular weight is 205 g/mol. The summed E-state index contributed by atoms with van der Waals surface area (Å²) < 4.78 is 5.85. The lowest BCUT2D eigenvalue weighted by Gasteiger charge is -2.29. The molecule has 0 saturated carbocycles. The minimum absolute atomic E-state index is 0.223. The summed E-state index contributed by atoms with van der Waals surface area (Å²) >= 11 is 0. The Morgan fingerprint density at radius 2 is 2.13 bits per heavy atom. The summed E-state index contributed by atoms with van der Waals surface area (Å²) in [7, 11) is 0. The third-order valence-corrected chi connectivity index (χ3v) is 2.98. The topological polar surface area (TPSA) is 21.3 Å². The maximum absolute atomic E-state index is 5.85. The first-order valence-corrected chi connectivity index (χ1v) is 5.59. The minimum atomic E-state index is 0.223. The van der Waals surface area contributed by atoms with Gasteiger partial charge in [-0.05, 0) is 31.9 Å². The molecule has 2 rings (SSSR count). The lowest BCUT2D eigenvalue weighted by atomic mass is 9.99. The fourth-order valence-electron chi connectivity index (χ4n) is 1.99. The highest BCUT2D eigenvalue weighted by Crippen LogP contribution is 2.24. The van der Waals surface area contributed by atoms with Crippen LogP contribution in [0, 0.1) is 13.8 Å². The molecule has 2 heteroatoms. The zero-order chi connectivity index (χ0) is 10.8. The van der Waals surface area contributed by atoms with Gasteiger partial charge in [0.1, 0.15) is 0 Å². The van der Waals surface area contributed by atoms with E-state index in [9.17, 15) is 0 Å². The predicted octanol–water partition coefficient (Wildman–Crippen LogP) is 2.35. The summed E-state index contributed by atoms with van der Waals surface area (Å²) in [5, 5.41) is 3.45. The van der Waals surface area contributed by atoms with Gasteiger partial charge in [-0.25, -0.2) is 0 Å². The molecule has 1 aliphatic heterocycles. The molecular weight excluding hydrogens is 186 g/mol. The van der Waals surface area contributed by atoms with Crippen molar-refractivity contribution in [3.63, 3.8) is 0 Å². The van der Waals surface area contributed by atoms with Crippen LogP contribution in [-0.2, 0) is 4.74 Å². The summed E-state index contributed by atoms with van der Waals surface area (Å²) in [6, 6.07) is 7.04. The largest absolute Gasteiger partial charge is 0.371 e. The third kappa shape index (κ3) is 2.39. The highest BCUT2D eigenvalue weighted by atomic mass is 16.5. The molecule has 0 amide bonds. The normalized spacial score (nSPS) is 26.6. The van der Waals surface area contributed by atoms with Crippen LogP contribution in [0.25, 0.3) is 0 Å². The van der Waals surface area contributed by atoms with E-state index in [-0.39, 0.29) is 6.10 Å². The Balaban J connectivity index is 2.18. The quantitative estimate of drug-likeness (QED) is 0.760. The molecule has 2 atom stereocenters. The van der Waals surface area contributed by atoms with E-state index in [4.69, 9.17) is 4.74 Å². The maximum Gasteiger partial charge on any atom is 0.0952 e. The van der Waals surface area contributed by atoms with Crippen molar-refractivity contribution in [2.75, 3.05) is 13.2 Å². The van der Waals surface area contributed by atoms with E-state index in [2.05, 4.69) is 44.3 Å². The van der Waals surface area contributed by atoms with Crippen molar-refractivity contribution in [3.05, 3.63) is 34.9 Å². The van der Waals surface area contributed by atoms with Crippen LogP contribution in [0.15, 0.2) is 18.2 Å². The first kappa shape index (κ1) is 10.7. The summed E-state index contributed by atoms with van der Waals surface area (Å²) in [6.07, 6.45) is 0.223. The SMILES string of the molecule is Cc1ccc(C)c([C@H]2CN[C@@H](C)CO2)c1.